The van der Waals surface area contributed by atoms with Crippen LogP contribution in [-0.2, 0) is 0 Å². The third kappa shape index (κ3) is 3.95. The molecule has 0 saturated carbocycles. The minimum atomic E-state index is 0. The lowest BCUT2D eigenvalue weighted by Crippen LogP contribution is -1.89. The highest BCUT2D eigenvalue weighted by Gasteiger charge is 2.14. The molecule has 0 atom stereocenters. The van der Waals surface area contributed by atoms with E-state index in [1.54, 1.807) is 23.7 Å². The molecule has 0 bridgehead atoms. The highest BCUT2D eigenvalue weighted by molar-refractivity contribution is 8.93. The van der Waals surface area contributed by atoms with Gasteiger partial charge in [0.2, 0.25) is 0 Å². The van der Waals surface area contributed by atoms with E-state index in [-0.39, 0.29) is 17.0 Å². The zero-order valence-electron chi connectivity index (χ0n) is 13.3. The van der Waals surface area contributed by atoms with Crippen molar-refractivity contribution < 1.29 is 0 Å². The molecule has 0 amide bonds. The first kappa shape index (κ1) is 17.3. The summed E-state index contributed by atoms with van der Waals surface area (Å²) in [7, 11) is 0. The molecular formula is C20H16BrN3S. The van der Waals surface area contributed by atoms with Crippen molar-refractivity contribution in [2.45, 2.75) is 0 Å². The summed E-state index contributed by atoms with van der Waals surface area (Å²) in [4.78, 5) is 10.1. The van der Waals surface area contributed by atoms with Crippen molar-refractivity contribution in [1.82, 2.24) is 9.97 Å². The molecule has 2 aromatic heterocycles. The topological polar surface area (TPSA) is 37.8 Å². The molecule has 25 heavy (non-hydrogen) atoms. The Morgan fingerprint density at radius 2 is 1.32 bits per heavy atom. The molecule has 0 unspecified atom stereocenters. The first-order valence-electron chi connectivity index (χ1n) is 7.69. The van der Waals surface area contributed by atoms with Gasteiger partial charge in [0, 0.05) is 23.6 Å². The van der Waals surface area contributed by atoms with Gasteiger partial charge in [-0.3, -0.25) is 4.98 Å². The molecule has 4 rings (SSSR count). The molecule has 5 heteroatoms. The van der Waals surface area contributed by atoms with Gasteiger partial charge in [-0.05, 0) is 17.7 Å². The van der Waals surface area contributed by atoms with E-state index in [2.05, 4.69) is 46.7 Å². The van der Waals surface area contributed by atoms with E-state index >= 15 is 0 Å². The summed E-state index contributed by atoms with van der Waals surface area (Å²) < 4.78 is 0. The van der Waals surface area contributed by atoms with Crippen LogP contribution in [0.25, 0.3) is 21.7 Å². The van der Waals surface area contributed by atoms with Crippen molar-refractivity contribution in [3.8, 4) is 21.7 Å². The number of hydrogen-bond donors (Lipinski definition) is 1. The van der Waals surface area contributed by atoms with Crippen LogP contribution in [0.4, 0.5) is 10.8 Å². The molecule has 2 aromatic carbocycles. The van der Waals surface area contributed by atoms with Crippen molar-refractivity contribution in [3.63, 3.8) is 0 Å². The number of pyridine rings is 1. The predicted octanol–water partition coefficient (Wildman–Crippen LogP) is 6.19. The molecular weight excluding hydrogens is 394 g/mol. The lowest BCUT2D eigenvalue weighted by Gasteiger charge is -2.02. The molecule has 3 nitrogen and oxygen atoms in total. The second kappa shape index (κ2) is 8.05. The van der Waals surface area contributed by atoms with Crippen molar-refractivity contribution >= 4 is 39.1 Å². The van der Waals surface area contributed by atoms with E-state index in [9.17, 15) is 0 Å². The summed E-state index contributed by atoms with van der Waals surface area (Å²) in [5.41, 5.74) is 4.29. The lowest BCUT2D eigenvalue weighted by molar-refractivity contribution is 1.31. The van der Waals surface area contributed by atoms with Crippen LogP contribution in [0.1, 0.15) is 0 Å². The number of nitrogens with zero attached hydrogens (tertiary/aromatic N) is 2. The Kier molecular flexibility index (Phi) is 5.58. The maximum atomic E-state index is 4.84. The second-order valence-corrected chi connectivity index (χ2v) is 6.29. The Hall–Kier alpha value is -2.50. The zero-order valence-corrected chi connectivity index (χ0v) is 15.8. The van der Waals surface area contributed by atoms with Crippen molar-refractivity contribution in [3.05, 3.63) is 85.2 Å². The quantitative estimate of drug-likeness (QED) is 0.436. The number of thiazole rings is 1. The van der Waals surface area contributed by atoms with Crippen molar-refractivity contribution in [1.29, 1.82) is 0 Å². The third-order valence-electron chi connectivity index (χ3n) is 3.64. The van der Waals surface area contributed by atoms with Crippen LogP contribution in [0.3, 0.4) is 0 Å². The van der Waals surface area contributed by atoms with E-state index in [1.807, 2.05) is 36.4 Å². The van der Waals surface area contributed by atoms with Gasteiger partial charge in [-0.25, -0.2) is 4.98 Å². The summed E-state index contributed by atoms with van der Waals surface area (Å²) in [6.45, 7) is 0. The molecule has 0 radical (unpaired) electrons. The van der Waals surface area contributed by atoms with E-state index in [0.717, 1.165) is 22.1 Å². The van der Waals surface area contributed by atoms with Gasteiger partial charge in [0.1, 0.15) is 0 Å². The molecule has 4 aromatic rings. The fraction of sp³-hybridized carbons (Fsp3) is 0. The minimum absolute atomic E-state index is 0. The number of benzene rings is 2. The van der Waals surface area contributed by atoms with Crippen LogP contribution in [0.5, 0.6) is 0 Å². The van der Waals surface area contributed by atoms with Gasteiger partial charge >= 0.3 is 0 Å². The fourth-order valence-electron chi connectivity index (χ4n) is 2.51. The lowest BCUT2D eigenvalue weighted by atomic mass is 10.1. The Bertz CT molecular complexity index is 868. The number of halogens is 1. The first-order valence-corrected chi connectivity index (χ1v) is 8.50. The van der Waals surface area contributed by atoms with Crippen molar-refractivity contribution in [2.75, 3.05) is 5.32 Å². The van der Waals surface area contributed by atoms with Gasteiger partial charge in [-0.2, -0.15) is 0 Å². The fourth-order valence-corrected chi connectivity index (χ4v) is 3.52. The zero-order chi connectivity index (χ0) is 16.2. The van der Waals surface area contributed by atoms with Crippen molar-refractivity contribution in [2.24, 2.45) is 0 Å². The summed E-state index contributed by atoms with van der Waals surface area (Å²) in [5.74, 6) is 0. The summed E-state index contributed by atoms with van der Waals surface area (Å²) in [6.07, 6.45) is 3.54. The molecule has 1 N–H and O–H groups in total. The van der Waals surface area contributed by atoms with Gasteiger partial charge in [-0.15, -0.1) is 17.0 Å². The molecule has 0 aliphatic carbocycles. The summed E-state index contributed by atoms with van der Waals surface area (Å²) in [6, 6.07) is 24.6. The van der Waals surface area contributed by atoms with E-state index in [0.29, 0.717) is 0 Å². The van der Waals surface area contributed by atoms with Gasteiger partial charge in [-0.1, -0.05) is 72.0 Å². The van der Waals surface area contributed by atoms with Crippen LogP contribution in [-0.4, -0.2) is 9.97 Å². The summed E-state index contributed by atoms with van der Waals surface area (Å²) >= 11 is 1.66. The Morgan fingerprint density at radius 1 is 0.720 bits per heavy atom. The number of rotatable bonds is 4. The first-order chi connectivity index (χ1) is 11.9. The van der Waals surface area contributed by atoms with Crippen LogP contribution in [0.2, 0.25) is 0 Å². The van der Waals surface area contributed by atoms with Gasteiger partial charge < -0.3 is 5.32 Å². The van der Waals surface area contributed by atoms with Gasteiger partial charge in [0.15, 0.2) is 5.13 Å². The normalized spacial score (nSPS) is 10.1. The van der Waals surface area contributed by atoms with Gasteiger partial charge in [0.05, 0.1) is 10.6 Å². The number of aromatic nitrogens is 2. The molecule has 0 saturated heterocycles. The molecule has 124 valence electrons. The van der Waals surface area contributed by atoms with Crippen LogP contribution in [0, 0.1) is 0 Å². The number of hydrogen-bond acceptors (Lipinski definition) is 4. The molecule has 0 spiro atoms. The van der Waals surface area contributed by atoms with Crippen LogP contribution < -0.4 is 5.32 Å². The molecule has 0 fully saturated rings. The number of anilines is 2. The Balaban J connectivity index is 0.00000182. The van der Waals surface area contributed by atoms with Gasteiger partial charge in [0.25, 0.3) is 0 Å². The van der Waals surface area contributed by atoms with E-state index in [4.69, 9.17) is 4.98 Å². The van der Waals surface area contributed by atoms with E-state index < -0.39 is 0 Å². The highest BCUT2D eigenvalue weighted by Crippen LogP contribution is 2.39. The van der Waals surface area contributed by atoms with Crippen LogP contribution in [0.15, 0.2) is 85.2 Å². The number of nitrogens with one attached hydrogen (secondary N) is 1. The maximum absolute atomic E-state index is 4.84. The highest BCUT2D eigenvalue weighted by atomic mass is 79.9. The van der Waals surface area contributed by atoms with Crippen LogP contribution >= 0.6 is 28.3 Å². The monoisotopic (exact) mass is 409 g/mol. The minimum Gasteiger partial charge on any atom is -0.331 e. The average molecular weight is 410 g/mol. The summed E-state index contributed by atoms with van der Waals surface area (Å²) in [5, 5.41) is 4.25. The smallest absolute Gasteiger partial charge is 0.188 e. The van der Waals surface area contributed by atoms with E-state index in [1.165, 1.54) is 10.4 Å². The molecule has 0 aliphatic heterocycles. The Labute approximate surface area is 161 Å². The predicted molar refractivity (Wildman–Crippen MR) is 111 cm³/mol. The third-order valence-corrected chi connectivity index (χ3v) is 4.66. The largest absolute Gasteiger partial charge is 0.331 e. The Morgan fingerprint density at radius 3 is 1.96 bits per heavy atom. The second-order valence-electron chi connectivity index (χ2n) is 5.29. The standard InChI is InChI=1S/C20H15N3S.BrH/c1-3-7-15(8-4-1)18-19(16-9-5-2-6-10-16)24-20(23-18)22-17-11-13-21-14-12-17;/h1-14H,(H,21,22,23);1H. The average Bonchev–Trinajstić information content (AvgIpc) is 3.08. The SMILES string of the molecule is Br.c1ccc(-c2nc(Nc3ccncc3)sc2-c2ccccc2)cc1. The molecule has 2 heterocycles. The molecule has 0 aliphatic rings. The maximum Gasteiger partial charge on any atom is 0.188 e.